The third-order valence-corrected chi connectivity index (χ3v) is 3.52. The number of urea groups is 1. The van der Waals surface area contributed by atoms with Gasteiger partial charge in [-0.2, -0.15) is 0 Å². The largest absolute Gasteiger partial charge is 0.481 e. The summed E-state index contributed by atoms with van der Waals surface area (Å²) in [5.74, 6) is -1.99. The molecule has 0 aromatic heterocycles. The molecule has 0 spiro atoms. The summed E-state index contributed by atoms with van der Waals surface area (Å²) in [7, 11) is 0. The van der Waals surface area contributed by atoms with Crippen LogP contribution in [0.15, 0.2) is 0 Å². The van der Waals surface area contributed by atoms with Gasteiger partial charge in [0.05, 0.1) is 0 Å². The molecule has 0 aliphatic rings. The Morgan fingerprint density at radius 1 is 1.15 bits per heavy atom. The van der Waals surface area contributed by atoms with Gasteiger partial charge >= 0.3 is 18.0 Å². The number of aliphatic carboxylic acids is 2. The van der Waals surface area contributed by atoms with Crippen molar-refractivity contribution in [1.82, 2.24) is 10.6 Å². The monoisotopic (exact) mass is 288 g/mol. The van der Waals surface area contributed by atoms with Crippen molar-refractivity contribution in [2.75, 3.05) is 6.54 Å². The molecule has 0 bridgehead atoms. The van der Waals surface area contributed by atoms with Crippen molar-refractivity contribution < 1.29 is 24.6 Å². The zero-order valence-corrected chi connectivity index (χ0v) is 12.4. The number of rotatable bonds is 8. The van der Waals surface area contributed by atoms with E-state index in [-0.39, 0.29) is 18.3 Å². The fourth-order valence-corrected chi connectivity index (χ4v) is 1.25. The van der Waals surface area contributed by atoms with Crippen LogP contribution in [0.1, 0.15) is 40.5 Å². The van der Waals surface area contributed by atoms with Crippen LogP contribution in [0.5, 0.6) is 0 Å². The highest BCUT2D eigenvalue weighted by atomic mass is 16.4. The molecule has 0 heterocycles. The molecule has 0 aliphatic carbocycles. The van der Waals surface area contributed by atoms with Crippen LogP contribution in [0.2, 0.25) is 0 Å². The Morgan fingerprint density at radius 2 is 1.70 bits per heavy atom. The number of carboxylic acid groups (broad SMARTS) is 2. The molecule has 0 aromatic carbocycles. The van der Waals surface area contributed by atoms with E-state index in [1.165, 1.54) is 0 Å². The lowest BCUT2D eigenvalue weighted by Crippen LogP contribution is -2.48. The van der Waals surface area contributed by atoms with Gasteiger partial charge in [-0.15, -0.1) is 0 Å². The zero-order chi connectivity index (χ0) is 15.9. The quantitative estimate of drug-likeness (QED) is 0.537. The maximum Gasteiger partial charge on any atom is 0.326 e. The number of hydrogen-bond donors (Lipinski definition) is 4. The number of hydrogen-bond acceptors (Lipinski definition) is 3. The highest BCUT2D eigenvalue weighted by molar-refractivity contribution is 5.83. The molecule has 0 aliphatic heterocycles. The molecule has 0 fully saturated rings. The first-order valence-electron chi connectivity index (χ1n) is 6.55. The van der Waals surface area contributed by atoms with Crippen molar-refractivity contribution in [2.24, 2.45) is 11.3 Å². The minimum absolute atomic E-state index is 0.114. The van der Waals surface area contributed by atoms with E-state index in [1.54, 1.807) is 0 Å². The highest BCUT2D eigenvalue weighted by Crippen LogP contribution is 2.24. The number of nitrogens with one attached hydrogen (secondary N) is 2. The second-order valence-electron chi connectivity index (χ2n) is 5.79. The summed E-state index contributed by atoms with van der Waals surface area (Å²) in [6.07, 6.45) is -0.458. The van der Waals surface area contributed by atoms with E-state index < -0.39 is 24.0 Å². The highest BCUT2D eigenvalue weighted by Gasteiger charge is 2.25. The standard InChI is InChI=1S/C13H24N2O5/c1-8(2)13(3,4)7-14-12(20)15-9(11(18)19)5-6-10(16)17/h8-9H,5-7H2,1-4H3,(H,16,17)(H,18,19)(H2,14,15,20)/t9-/m0/s1. The second kappa shape index (κ2) is 7.72. The molecule has 2 amide bonds. The van der Waals surface area contributed by atoms with Crippen molar-refractivity contribution in [3.8, 4) is 0 Å². The van der Waals surface area contributed by atoms with Gasteiger partial charge in [0.15, 0.2) is 0 Å². The van der Waals surface area contributed by atoms with Gasteiger partial charge in [-0.05, 0) is 17.8 Å². The van der Waals surface area contributed by atoms with E-state index in [2.05, 4.69) is 10.6 Å². The molecule has 7 nitrogen and oxygen atoms in total. The Morgan fingerprint density at radius 3 is 2.10 bits per heavy atom. The normalized spacial score (nSPS) is 12.8. The Labute approximate surface area is 118 Å². The number of amides is 2. The molecule has 0 unspecified atom stereocenters. The Hall–Kier alpha value is -1.79. The lowest BCUT2D eigenvalue weighted by atomic mass is 9.81. The fourth-order valence-electron chi connectivity index (χ4n) is 1.25. The van der Waals surface area contributed by atoms with Gasteiger partial charge in [0.1, 0.15) is 6.04 Å². The average molecular weight is 288 g/mol. The van der Waals surface area contributed by atoms with Gasteiger partial charge in [-0.1, -0.05) is 27.7 Å². The fraction of sp³-hybridized carbons (Fsp3) is 0.769. The van der Waals surface area contributed by atoms with Crippen LogP contribution >= 0.6 is 0 Å². The van der Waals surface area contributed by atoms with Gasteiger partial charge in [-0.25, -0.2) is 9.59 Å². The van der Waals surface area contributed by atoms with Gasteiger partial charge < -0.3 is 20.8 Å². The molecular weight excluding hydrogens is 264 g/mol. The molecule has 0 aromatic rings. The molecule has 20 heavy (non-hydrogen) atoms. The Balaban J connectivity index is 4.33. The van der Waals surface area contributed by atoms with E-state index in [1.807, 2.05) is 27.7 Å². The molecule has 0 radical (unpaired) electrons. The smallest absolute Gasteiger partial charge is 0.326 e. The van der Waals surface area contributed by atoms with Gasteiger partial charge in [0.25, 0.3) is 0 Å². The van der Waals surface area contributed by atoms with Crippen LogP contribution in [0.4, 0.5) is 4.79 Å². The van der Waals surface area contributed by atoms with Crippen LogP contribution in [0.3, 0.4) is 0 Å². The topological polar surface area (TPSA) is 116 Å². The zero-order valence-electron chi connectivity index (χ0n) is 12.4. The second-order valence-corrected chi connectivity index (χ2v) is 5.79. The van der Waals surface area contributed by atoms with Crippen LogP contribution in [0, 0.1) is 11.3 Å². The molecular formula is C13H24N2O5. The van der Waals surface area contributed by atoms with Crippen LogP contribution in [0.25, 0.3) is 0 Å². The first-order chi connectivity index (χ1) is 9.06. The van der Waals surface area contributed by atoms with Crippen LogP contribution < -0.4 is 10.6 Å². The van der Waals surface area contributed by atoms with Crippen LogP contribution in [-0.4, -0.2) is 40.8 Å². The summed E-state index contributed by atoms with van der Waals surface area (Å²) in [6, 6.07) is -1.80. The SMILES string of the molecule is CC(C)C(C)(C)CNC(=O)N[C@@H](CCC(=O)O)C(=O)O. The maximum absolute atomic E-state index is 11.6. The van der Waals surface area contributed by atoms with Crippen molar-refractivity contribution in [3.05, 3.63) is 0 Å². The Bertz CT molecular complexity index is 366. The predicted molar refractivity (Wildman–Crippen MR) is 73.4 cm³/mol. The summed E-state index contributed by atoms with van der Waals surface area (Å²) in [5, 5.41) is 22.3. The molecule has 7 heteroatoms. The maximum atomic E-state index is 11.6. The van der Waals surface area contributed by atoms with Crippen molar-refractivity contribution in [2.45, 2.75) is 46.6 Å². The van der Waals surface area contributed by atoms with Crippen LogP contribution in [-0.2, 0) is 9.59 Å². The van der Waals surface area contributed by atoms with E-state index in [0.717, 1.165) is 0 Å². The molecule has 0 saturated carbocycles. The van der Waals surface area contributed by atoms with E-state index >= 15 is 0 Å². The summed E-state index contributed by atoms with van der Waals surface area (Å²) in [5.41, 5.74) is -0.114. The van der Waals surface area contributed by atoms with Gasteiger partial charge in [0, 0.05) is 13.0 Å². The van der Waals surface area contributed by atoms with Gasteiger partial charge in [-0.3, -0.25) is 4.79 Å². The number of carbonyl (C=O) groups is 3. The Kier molecular flexibility index (Phi) is 7.02. The number of carboxylic acids is 2. The van der Waals surface area contributed by atoms with Crippen molar-refractivity contribution in [1.29, 1.82) is 0 Å². The van der Waals surface area contributed by atoms with E-state index in [9.17, 15) is 14.4 Å². The molecule has 116 valence electrons. The minimum Gasteiger partial charge on any atom is -0.481 e. The summed E-state index contributed by atoms with van der Waals surface area (Å²) < 4.78 is 0. The number of carbonyl (C=O) groups excluding carboxylic acids is 1. The summed E-state index contributed by atoms with van der Waals surface area (Å²) >= 11 is 0. The lowest BCUT2D eigenvalue weighted by molar-refractivity contribution is -0.140. The molecule has 1 atom stereocenters. The van der Waals surface area contributed by atoms with E-state index in [0.29, 0.717) is 12.5 Å². The average Bonchev–Trinajstić information content (AvgIpc) is 2.31. The summed E-state index contributed by atoms with van der Waals surface area (Å²) in [6.45, 7) is 8.47. The first-order valence-corrected chi connectivity index (χ1v) is 6.55. The van der Waals surface area contributed by atoms with Crippen molar-refractivity contribution in [3.63, 3.8) is 0 Å². The predicted octanol–water partition coefficient (Wildman–Crippen LogP) is 1.29. The third-order valence-electron chi connectivity index (χ3n) is 3.52. The molecule has 0 saturated heterocycles. The van der Waals surface area contributed by atoms with E-state index in [4.69, 9.17) is 10.2 Å². The van der Waals surface area contributed by atoms with Gasteiger partial charge in [0.2, 0.25) is 0 Å². The molecule has 4 N–H and O–H groups in total. The lowest BCUT2D eigenvalue weighted by Gasteiger charge is -2.29. The summed E-state index contributed by atoms with van der Waals surface area (Å²) in [4.78, 5) is 33.0. The first kappa shape index (κ1) is 18.2. The third kappa shape index (κ3) is 6.96. The van der Waals surface area contributed by atoms with Crippen molar-refractivity contribution >= 4 is 18.0 Å². The molecule has 0 rings (SSSR count). The minimum atomic E-state index is -1.25.